The van der Waals surface area contributed by atoms with Crippen molar-refractivity contribution in [3.8, 4) is 11.5 Å². The molecular weight excluding hydrogens is 404 g/mol. The van der Waals surface area contributed by atoms with Crippen LogP contribution in [0.4, 0.5) is 0 Å². The van der Waals surface area contributed by atoms with Gasteiger partial charge < -0.3 is 19.3 Å². The number of amides is 2. The molecule has 2 aromatic carbocycles. The average molecular weight is 439 g/mol. The monoisotopic (exact) mass is 438 g/mol. The maximum absolute atomic E-state index is 12.8. The van der Waals surface area contributed by atoms with E-state index in [-0.39, 0.29) is 25.0 Å². The van der Waals surface area contributed by atoms with E-state index in [4.69, 9.17) is 9.47 Å². The predicted octanol–water partition coefficient (Wildman–Crippen LogP) is 3.75. The van der Waals surface area contributed by atoms with Crippen molar-refractivity contribution in [1.82, 2.24) is 9.80 Å². The van der Waals surface area contributed by atoms with Crippen molar-refractivity contribution >= 4 is 11.8 Å². The van der Waals surface area contributed by atoms with Crippen molar-refractivity contribution in [1.29, 1.82) is 0 Å². The minimum absolute atomic E-state index is 0.00682. The Kier molecular flexibility index (Phi) is 7.78. The minimum atomic E-state index is -0.0541. The van der Waals surface area contributed by atoms with Crippen LogP contribution in [0.3, 0.4) is 0 Å². The fourth-order valence-corrected chi connectivity index (χ4v) is 3.98. The molecule has 2 amide bonds. The molecular formula is C26H34N2O4. The van der Waals surface area contributed by atoms with E-state index in [0.29, 0.717) is 26.2 Å². The molecule has 1 aliphatic rings. The summed E-state index contributed by atoms with van der Waals surface area (Å²) in [6, 6.07) is 9.99. The number of benzene rings is 2. The van der Waals surface area contributed by atoms with Crippen molar-refractivity contribution in [2.45, 2.75) is 41.0 Å². The highest BCUT2D eigenvalue weighted by molar-refractivity contribution is 5.79. The van der Waals surface area contributed by atoms with Crippen molar-refractivity contribution in [2.75, 3.05) is 39.4 Å². The lowest BCUT2D eigenvalue weighted by Crippen LogP contribution is -2.40. The van der Waals surface area contributed by atoms with Crippen LogP contribution in [0, 0.1) is 34.6 Å². The summed E-state index contributed by atoms with van der Waals surface area (Å²) < 4.78 is 11.6. The number of carbonyl (C=O) groups is 2. The third-order valence-electron chi connectivity index (χ3n) is 6.10. The fraction of sp³-hybridized carbons (Fsp3) is 0.462. The molecule has 0 bridgehead atoms. The standard InChI is InChI=1S/C26H34N2O4/c1-18-7-10-23(21(4)15-18)31-16-24(29)27-11-6-12-28(14-13-27)25(30)17-32-26-20(3)9-8-19(2)22(26)5/h7-10,15H,6,11-14,16-17H2,1-5H3. The van der Waals surface area contributed by atoms with Crippen LogP contribution in [0.25, 0.3) is 0 Å². The lowest BCUT2D eigenvalue weighted by molar-refractivity contribution is -0.135. The van der Waals surface area contributed by atoms with Crippen molar-refractivity contribution in [3.05, 3.63) is 58.1 Å². The summed E-state index contributed by atoms with van der Waals surface area (Å²) in [6.07, 6.45) is 0.740. The second-order valence-corrected chi connectivity index (χ2v) is 8.61. The van der Waals surface area contributed by atoms with Crippen LogP contribution in [0.5, 0.6) is 11.5 Å². The molecule has 172 valence electrons. The molecule has 0 aromatic heterocycles. The topological polar surface area (TPSA) is 59.1 Å². The Morgan fingerprint density at radius 1 is 0.750 bits per heavy atom. The van der Waals surface area contributed by atoms with E-state index in [1.165, 1.54) is 0 Å². The van der Waals surface area contributed by atoms with Gasteiger partial charge in [-0.1, -0.05) is 29.8 Å². The van der Waals surface area contributed by atoms with Gasteiger partial charge in [0, 0.05) is 26.2 Å². The number of hydrogen-bond acceptors (Lipinski definition) is 4. The van der Waals surface area contributed by atoms with Crippen LogP contribution in [0.15, 0.2) is 30.3 Å². The Bertz CT molecular complexity index is 986. The number of nitrogens with zero attached hydrogens (tertiary/aromatic N) is 2. The minimum Gasteiger partial charge on any atom is -0.484 e. The number of hydrogen-bond donors (Lipinski definition) is 0. The van der Waals surface area contributed by atoms with E-state index in [1.54, 1.807) is 9.80 Å². The van der Waals surface area contributed by atoms with E-state index in [1.807, 2.05) is 58.9 Å². The Hall–Kier alpha value is -3.02. The van der Waals surface area contributed by atoms with Gasteiger partial charge in [0.25, 0.3) is 11.8 Å². The molecule has 0 aliphatic carbocycles. The molecule has 1 saturated heterocycles. The van der Waals surface area contributed by atoms with E-state index in [0.717, 1.165) is 45.7 Å². The summed E-state index contributed by atoms with van der Waals surface area (Å²) >= 11 is 0. The van der Waals surface area contributed by atoms with E-state index >= 15 is 0 Å². The van der Waals surface area contributed by atoms with Crippen LogP contribution < -0.4 is 9.47 Å². The van der Waals surface area contributed by atoms with Crippen LogP contribution in [0.1, 0.15) is 34.2 Å². The first kappa shape index (κ1) is 23.6. The van der Waals surface area contributed by atoms with Gasteiger partial charge in [-0.25, -0.2) is 0 Å². The largest absolute Gasteiger partial charge is 0.484 e. The molecule has 0 saturated carbocycles. The highest BCUT2D eigenvalue weighted by Gasteiger charge is 2.23. The summed E-state index contributed by atoms with van der Waals surface area (Å²) in [5, 5.41) is 0. The van der Waals surface area contributed by atoms with Gasteiger partial charge in [-0.2, -0.15) is 0 Å². The molecule has 0 N–H and O–H groups in total. The Morgan fingerprint density at radius 3 is 1.97 bits per heavy atom. The average Bonchev–Trinajstić information content (AvgIpc) is 3.02. The normalized spacial score (nSPS) is 14.2. The molecule has 6 nitrogen and oxygen atoms in total. The van der Waals surface area contributed by atoms with Gasteiger partial charge >= 0.3 is 0 Å². The van der Waals surface area contributed by atoms with E-state index in [2.05, 4.69) is 6.07 Å². The first-order valence-corrected chi connectivity index (χ1v) is 11.2. The first-order valence-electron chi connectivity index (χ1n) is 11.2. The summed E-state index contributed by atoms with van der Waals surface area (Å²) in [4.78, 5) is 29.0. The SMILES string of the molecule is Cc1ccc(OCC(=O)N2CCCN(C(=O)COc3c(C)ccc(C)c3C)CC2)c(C)c1. The smallest absolute Gasteiger partial charge is 0.260 e. The van der Waals surface area contributed by atoms with Gasteiger partial charge in [-0.15, -0.1) is 0 Å². The summed E-state index contributed by atoms with van der Waals surface area (Å²) in [5.41, 5.74) is 5.41. The summed E-state index contributed by atoms with van der Waals surface area (Å²) in [5.74, 6) is 1.41. The van der Waals surface area contributed by atoms with Crippen LogP contribution in [-0.4, -0.2) is 61.0 Å². The molecule has 0 radical (unpaired) electrons. The summed E-state index contributed by atoms with van der Waals surface area (Å²) in [6.45, 7) is 12.3. The molecule has 1 fully saturated rings. The Balaban J connectivity index is 1.50. The molecule has 2 aromatic rings. The molecule has 6 heteroatoms. The van der Waals surface area contributed by atoms with Gasteiger partial charge in [0.15, 0.2) is 13.2 Å². The second kappa shape index (κ2) is 10.5. The maximum atomic E-state index is 12.8. The lowest BCUT2D eigenvalue weighted by atomic mass is 10.1. The molecule has 32 heavy (non-hydrogen) atoms. The van der Waals surface area contributed by atoms with Gasteiger partial charge in [0.2, 0.25) is 0 Å². The maximum Gasteiger partial charge on any atom is 0.260 e. The zero-order chi connectivity index (χ0) is 23.3. The first-order chi connectivity index (χ1) is 15.3. The number of rotatable bonds is 6. The molecule has 1 heterocycles. The second-order valence-electron chi connectivity index (χ2n) is 8.61. The molecule has 0 atom stereocenters. The molecule has 0 unspecified atom stereocenters. The van der Waals surface area contributed by atoms with E-state index < -0.39 is 0 Å². The third-order valence-corrected chi connectivity index (χ3v) is 6.10. The van der Waals surface area contributed by atoms with Gasteiger partial charge in [-0.3, -0.25) is 9.59 Å². The zero-order valence-corrected chi connectivity index (χ0v) is 19.9. The lowest BCUT2D eigenvalue weighted by Gasteiger charge is -2.23. The molecule has 0 spiro atoms. The van der Waals surface area contributed by atoms with Crippen molar-refractivity contribution < 1.29 is 19.1 Å². The van der Waals surface area contributed by atoms with E-state index in [9.17, 15) is 9.59 Å². The Labute approximate surface area is 191 Å². The zero-order valence-electron chi connectivity index (χ0n) is 19.9. The summed E-state index contributed by atoms with van der Waals surface area (Å²) in [7, 11) is 0. The van der Waals surface area contributed by atoms with Crippen LogP contribution in [-0.2, 0) is 9.59 Å². The van der Waals surface area contributed by atoms with Crippen molar-refractivity contribution in [2.24, 2.45) is 0 Å². The van der Waals surface area contributed by atoms with Crippen LogP contribution >= 0.6 is 0 Å². The quantitative estimate of drug-likeness (QED) is 0.689. The predicted molar refractivity (Wildman–Crippen MR) is 125 cm³/mol. The third kappa shape index (κ3) is 5.81. The number of aryl methyl sites for hydroxylation is 4. The van der Waals surface area contributed by atoms with Gasteiger partial charge in [0.05, 0.1) is 0 Å². The van der Waals surface area contributed by atoms with Crippen LogP contribution in [0.2, 0.25) is 0 Å². The number of ether oxygens (including phenoxy) is 2. The van der Waals surface area contributed by atoms with Crippen molar-refractivity contribution in [3.63, 3.8) is 0 Å². The van der Waals surface area contributed by atoms with Gasteiger partial charge in [0.1, 0.15) is 11.5 Å². The fourth-order valence-electron chi connectivity index (χ4n) is 3.98. The highest BCUT2D eigenvalue weighted by atomic mass is 16.5. The Morgan fingerprint density at radius 2 is 1.34 bits per heavy atom. The number of carbonyl (C=O) groups excluding carboxylic acids is 2. The van der Waals surface area contributed by atoms with Gasteiger partial charge in [-0.05, 0) is 69.4 Å². The molecule has 1 aliphatic heterocycles. The highest BCUT2D eigenvalue weighted by Crippen LogP contribution is 2.25. The molecule has 3 rings (SSSR count).